The number of hydrogen-bond acceptors (Lipinski definition) is 21. The van der Waals surface area contributed by atoms with E-state index in [9.17, 15) is 43.5 Å². The summed E-state index contributed by atoms with van der Waals surface area (Å²) in [5.41, 5.74) is 2.11. The zero-order valence-electron chi connectivity index (χ0n) is 47.2. The van der Waals surface area contributed by atoms with Crippen molar-refractivity contribution in [1.82, 2.24) is 30.7 Å². The van der Waals surface area contributed by atoms with E-state index in [0.29, 0.717) is 40.1 Å². The second kappa shape index (κ2) is 27.6. The average molecular weight is 1190 g/mol. The number of hydrogen-bond donors (Lipinski definition) is 3. The molecule has 4 aliphatic rings. The van der Waals surface area contributed by atoms with Crippen molar-refractivity contribution in [3.05, 3.63) is 64.6 Å². The van der Waals surface area contributed by atoms with Crippen LogP contribution >= 0.6 is 33.2 Å². The van der Waals surface area contributed by atoms with Gasteiger partial charge >= 0.3 is 18.0 Å². The summed E-state index contributed by atoms with van der Waals surface area (Å²) in [6.07, 6.45) is 3.43. The van der Waals surface area contributed by atoms with Crippen LogP contribution in [0.15, 0.2) is 53.4 Å². The molecule has 81 heavy (non-hydrogen) atoms. The number of imide groups is 1. The Bertz CT molecular complexity index is 2790. The summed E-state index contributed by atoms with van der Waals surface area (Å²) in [7, 11) is 8.70. The Morgan fingerprint density at radius 1 is 1.09 bits per heavy atom. The number of fused-ring (bicyclic) bond motifs is 5. The third-order valence-corrected chi connectivity index (χ3v) is 17.8. The van der Waals surface area contributed by atoms with E-state index >= 15 is 0 Å². The highest BCUT2D eigenvalue weighted by Gasteiger charge is 2.64. The number of carbonyl (C=O) groups is 8. The Kier molecular flexibility index (Phi) is 21.8. The van der Waals surface area contributed by atoms with Crippen molar-refractivity contribution < 1.29 is 76.7 Å². The van der Waals surface area contributed by atoms with Crippen LogP contribution < -0.4 is 25.1 Å². The number of ether oxygens (including phenoxy) is 6. The molecule has 8 atom stereocenters. The van der Waals surface area contributed by atoms with Gasteiger partial charge in [0.15, 0.2) is 5.72 Å². The van der Waals surface area contributed by atoms with Crippen LogP contribution in [0.3, 0.4) is 0 Å². The van der Waals surface area contributed by atoms with Gasteiger partial charge in [0.1, 0.15) is 46.4 Å². The number of allylic oxidation sites excluding steroid dienone is 3. The SMILES string of the molecule is COc1cc2cc(c1Cl)N(C)C(=O)C[C@H](OC(=O)[C@H](C)N(C)C(=O)CCSSC(C)(C)CC(=O)N/N=C(/C)c1cnc(OCCCC(=O)ON3C(=O)CCC3=O)cn1)C1(C)O[C@H]1[C@H](C)[C@@H]1C[C@@](O)(NC(=O)O1)[C@H](OC)/C=C/C=C(\C)C2. The van der Waals surface area contributed by atoms with Gasteiger partial charge in [0.05, 0.1) is 56.5 Å². The zero-order valence-corrected chi connectivity index (χ0v) is 49.6. The molecule has 1 aromatic carbocycles. The molecule has 0 aliphatic carbocycles. The van der Waals surface area contributed by atoms with Gasteiger partial charge in [-0.25, -0.2) is 29.8 Å². The Hall–Kier alpha value is -6.32. The lowest BCUT2D eigenvalue weighted by Crippen LogP contribution is -2.63. The molecular formula is C54H71ClN8O16S2. The first kappa shape index (κ1) is 63.9. The molecule has 24 nitrogen and oxygen atoms in total. The van der Waals surface area contributed by atoms with Gasteiger partial charge < -0.3 is 48.2 Å². The average Bonchev–Trinajstić information content (AvgIpc) is 4.01. The Balaban J connectivity index is 1.02. The number of carbonyl (C=O) groups excluding carboxylic acids is 8. The normalized spacial score (nSPS) is 25.8. The molecule has 442 valence electrons. The highest BCUT2D eigenvalue weighted by atomic mass is 35.5. The van der Waals surface area contributed by atoms with Crippen LogP contribution in [0.4, 0.5) is 10.5 Å². The number of likely N-dealkylation sites (N-methyl/N-ethyl adjacent to an activating group) is 1. The molecule has 27 heteroatoms. The monoisotopic (exact) mass is 1190 g/mol. The molecule has 4 bridgehead atoms. The lowest BCUT2D eigenvalue weighted by Gasteiger charge is -2.42. The molecular weight excluding hydrogens is 1120 g/mol. The number of benzene rings is 1. The number of nitrogens with one attached hydrogen (secondary N) is 2. The number of hydrazone groups is 1. The van der Waals surface area contributed by atoms with Gasteiger partial charge in [-0.1, -0.05) is 63.9 Å². The first-order valence-corrected chi connectivity index (χ1v) is 28.9. The first-order valence-electron chi connectivity index (χ1n) is 26.2. The lowest BCUT2D eigenvalue weighted by atomic mass is 9.83. The predicted octanol–water partition coefficient (Wildman–Crippen LogP) is 5.55. The van der Waals surface area contributed by atoms with Crippen molar-refractivity contribution in [3.63, 3.8) is 0 Å². The maximum absolute atomic E-state index is 14.4. The third-order valence-electron chi connectivity index (χ3n) is 14.1. The summed E-state index contributed by atoms with van der Waals surface area (Å²) in [4.78, 5) is 119. The Morgan fingerprint density at radius 3 is 2.47 bits per heavy atom. The highest BCUT2D eigenvalue weighted by Crippen LogP contribution is 2.49. The van der Waals surface area contributed by atoms with E-state index < -0.39 is 88.2 Å². The fourth-order valence-corrected chi connectivity index (χ4v) is 12.0. The summed E-state index contributed by atoms with van der Waals surface area (Å²) in [5.74, 6) is -3.62. The number of hydroxylamine groups is 2. The van der Waals surface area contributed by atoms with Crippen LogP contribution in [0, 0.1) is 5.92 Å². The maximum atomic E-state index is 14.4. The highest BCUT2D eigenvalue weighted by molar-refractivity contribution is 8.77. The first-order chi connectivity index (χ1) is 38.2. The fourth-order valence-electron chi connectivity index (χ4n) is 9.16. The number of epoxide rings is 1. The molecule has 6 amide bonds. The van der Waals surface area contributed by atoms with Crippen LogP contribution in [0.2, 0.25) is 5.02 Å². The molecule has 1 aromatic heterocycles. The van der Waals surface area contributed by atoms with Crippen molar-refractivity contribution in [1.29, 1.82) is 0 Å². The van der Waals surface area contributed by atoms with E-state index in [1.165, 1.54) is 72.0 Å². The summed E-state index contributed by atoms with van der Waals surface area (Å²) in [5, 5.41) is 19.2. The van der Waals surface area contributed by atoms with Gasteiger partial charge in [-0.15, -0.1) is 5.06 Å². The van der Waals surface area contributed by atoms with E-state index in [0.717, 1.165) is 11.1 Å². The summed E-state index contributed by atoms with van der Waals surface area (Å²) in [6, 6.07) is 2.43. The predicted molar refractivity (Wildman–Crippen MR) is 299 cm³/mol. The maximum Gasteiger partial charge on any atom is 0.409 e. The topological polar surface area (TPSA) is 297 Å². The largest absolute Gasteiger partial charge is 0.495 e. The Morgan fingerprint density at radius 2 is 1.80 bits per heavy atom. The number of amides is 6. The number of halogens is 1. The van der Waals surface area contributed by atoms with Gasteiger partial charge in [-0.3, -0.25) is 29.3 Å². The molecule has 0 saturated carbocycles. The molecule has 3 fully saturated rings. The van der Waals surface area contributed by atoms with Crippen molar-refractivity contribution in [3.8, 4) is 11.6 Å². The number of nitrogens with zero attached hydrogens (tertiary/aromatic N) is 6. The molecule has 1 unspecified atom stereocenters. The third kappa shape index (κ3) is 16.7. The van der Waals surface area contributed by atoms with Crippen LogP contribution in [0.5, 0.6) is 11.6 Å². The molecule has 5 heterocycles. The molecule has 4 aliphatic heterocycles. The quantitative estimate of drug-likeness (QED) is 0.0278. The fraction of sp³-hybridized carbons (Fsp3) is 0.574. The number of aliphatic hydroxyl groups is 1. The second-order valence-corrected chi connectivity index (χ2v) is 24.5. The number of rotatable bonds is 20. The van der Waals surface area contributed by atoms with E-state index in [4.69, 9.17) is 44.9 Å². The van der Waals surface area contributed by atoms with Crippen LogP contribution in [0.1, 0.15) is 111 Å². The lowest BCUT2D eigenvalue weighted by molar-refractivity contribution is -0.197. The Labute approximate surface area is 483 Å². The second-order valence-electron chi connectivity index (χ2n) is 21.0. The van der Waals surface area contributed by atoms with Crippen molar-refractivity contribution in [2.75, 3.05) is 45.6 Å². The van der Waals surface area contributed by atoms with Crippen molar-refractivity contribution >= 4 is 92.2 Å². The summed E-state index contributed by atoms with van der Waals surface area (Å²) in [6.45, 7) is 12.4. The molecule has 6 rings (SSSR count). The van der Waals surface area contributed by atoms with E-state index in [1.54, 1.807) is 52.1 Å². The van der Waals surface area contributed by atoms with E-state index in [2.05, 4.69) is 25.8 Å². The number of anilines is 1. The molecule has 0 radical (unpaired) electrons. The smallest absolute Gasteiger partial charge is 0.409 e. The van der Waals surface area contributed by atoms with Crippen LogP contribution in [-0.2, 0) is 63.8 Å². The summed E-state index contributed by atoms with van der Waals surface area (Å²) < 4.78 is 34.4. The minimum Gasteiger partial charge on any atom is -0.495 e. The standard InChI is InChI=1S/C54H71ClN8O16S2/c1-30-14-12-15-39(74-11)54(72)26-38(76-51(71)58-54)31(2)49-53(7,78-49)40(25-46(68)62(9)36-23-34(22-30)24-37(73-10)48(36)55)77-50(70)33(4)61(8)43(65)19-21-80-81-52(5,6)27-41(64)60-59-32(3)35-28-57-42(29-56-35)75-20-13-16-47(69)79-63-44(66)17-18-45(63)67/h12,14-15,23-24,28-29,31,33,38-40,49,72H,13,16-22,25-27H2,1-11H3,(H,58,71)(H,60,64)/b15-12+,30-14+,59-32-/t31-,33+,38+,39-,40+,49+,53?,54+/m1/s1. The van der Waals surface area contributed by atoms with Gasteiger partial charge in [-0.2, -0.15) is 5.10 Å². The minimum atomic E-state index is -1.88. The molecule has 3 N–H and O–H groups in total. The summed E-state index contributed by atoms with van der Waals surface area (Å²) >= 11 is 6.83. The van der Waals surface area contributed by atoms with Gasteiger partial charge in [0.2, 0.25) is 23.6 Å². The zero-order chi connectivity index (χ0) is 59.6. The minimum absolute atomic E-state index is 0.00437. The van der Waals surface area contributed by atoms with Crippen molar-refractivity contribution in [2.45, 2.75) is 153 Å². The van der Waals surface area contributed by atoms with E-state index in [1.807, 2.05) is 26.8 Å². The van der Waals surface area contributed by atoms with Crippen molar-refractivity contribution in [2.24, 2.45) is 11.0 Å². The molecule has 3 saturated heterocycles. The van der Waals surface area contributed by atoms with Gasteiger partial charge in [0.25, 0.3) is 11.8 Å². The number of alkyl carbamates (subject to hydrolysis) is 1. The van der Waals surface area contributed by atoms with Crippen LogP contribution in [-0.4, -0.2) is 166 Å². The number of methoxy groups -OCH3 is 2. The van der Waals surface area contributed by atoms with Gasteiger partial charge in [0, 0.05) is 69.7 Å². The molecule has 2 aromatic rings. The number of esters is 1. The molecule has 0 spiro atoms. The van der Waals surface area contributed by atoms with Gasteiger partial charge in [-0.05, 0) is 72.1 Å². The van der Waals surface area contributed by atoms with E-state index in [-0.39, 0.29) is 80.7 Å². The van der Waals surface area contributed by atoms with Crippen LogP contribution in [0.25, 0.3) is 0 Å². The number of aromatic nitrogens is 2.